The first kappa shape index (κ1) is 25.0. The highest BCUT2D eigenvalue weighted by atomic mass is 19.1. The molecule has 192 valence electrons. The molecule has 4 aromatic rings. The maximum atomic E-state index is 13.4. The molecule has 1 fully saturated rings. The van der Waals surface area contributed by atoms with Crippen molar-refractivity contribution >= 4 is 40.5 Å². The summed E-state index contributed by atoms with van der Waals surface area (Å²) in [6, 6.07) is 17.8. The van der Waals surface area contributed by atoms with E-state index in [1.807, 2.05) is 56.4 Å². The standard InChI is InChI=1S/C30H26FN3O4/c1-19-8-13-27(20(2)16-19)38-15-5-14-33-18-21(24-6-3-4-7-26(24)33)17-25-28(35)32-30(37)34(29(25)36)23-11-9-22(31)10-12-23/h3-4,6-13,16-18H,5,14-15H2,1-2H3,(H,32,35,37). The number of nitrogens with zero attached hydrogens (tertiary/aromatic N) is 2. The van der Waals surface area contributed by atoms with Gasteiger partial charge >= 0.3 is 6.03 Å². The minimum Gasteiger partial charge on any atom is -0.493 e. The smallest absolute Gasteiger partial charge is 0.335 e. The molecule has 1 aromatic heterocycles. The molecule has 1 N–H and O–H groups in total. The number of fused-ring (bicyclic) bond motifs is 1. The van der Waals surface area contributed by atoms with E-state index in [-0.39, 0.29) is 11.3 Å². The van der Waals surface area contributed by atoms with Crippen LogP contribution < -0.4 is 15.0 Å². The van der Waals surface area contributed by atoms with Crippen molar-refractivity contribution in [2.45, 2.75) is 26.8 Å². The molecule has 0 spiro atoms. The molecule has 0 aliphatic carbocycles. The fraction of sp³-hybridized carbons (Fsp3) is 0.167. The third-order valence-electron chi connectivity index (χ3n) is 6.44. The monoisotopic (exact) mass is 511 g/mol. The van der Waals surface area contributed by atoms with Crippen molar-refractivity contribution in [2.24, 2.45) is 0 Å². The molecule has 0 atom stereocenters. The van der Waals surface area contributed by atoms with Crippen LogP contribution in [0.1, 0.15) is 23.1 Å². The van der Waals surface area contributed by atoms with Gasteiger partial charge in [-0.3, -0.25) is 14.9 Å². The van der Waals surface area contributed by atoms with E-state index in [0.29, 0.717) is 18.7 Å². The number of benzene rings is 3. The van der Waals surface area contributed by atoms with Gasteiger partial charge in [-0.1, -0.05) is 35.9 Å². The van der Waals surface area contributed by atoms with E-state index in [1.54, 1.807) is 0 Å². The molecule has 5 rings (SSSR count). The van der Waals surface area contributed by atoms with Crippen LogP contribution in [-0.4, -0.2) is 29.0 Å². The fourth-order valence-corrected chi connectivity index (χ4v) is 4.59. The van der Waals surface area contributed by atoms with Gasteiger partial charge in [-0.25, -0.2) is 14.1 Å². The van der Waals surface area contributed by atoms with Crippen LogP contribution in [0.25, 0.3) is 17.0 Å². The minimum atomic E-state index is -0.880. The lowest BCUT2D eigenvalue weighted by atomic mass is 10.1. The predicted molar refractivity (Wildman–Crippen MR) is 143 cm³/mol. The van der Waals surface area contributed by atoms with Crippen molar-refractivity contribution in [1.29, 1.82) is 0 Å². The molecular weight excluding hydrogens is 485 g/mol. The van der Waals surface area contributed by atoms with Crippen LogP contribution in [0.2, 0.25) is 0 Å². The van der Waals surface area contributed by atoms with Crippen LogP contribution >= 0.6 is 0 Å². The Bertz CT molecular complexity index is 1590. The average molecular weight is 512 g/mol. The molecule has 1 saturated heterocycles. The number of amides is 4. The second-order valence-electron chi connectivity index (χ2n) is 9.20. The number of barbiturate groups is 1. The highest BCUT2D eigenvalue weighted by Gasteiger charge is 2.37. The summed E-state index contributed by atoms with van der Waals surface area (Å²) in [6.07, 6.45) is 4.12. The topological polar surface area (TPSA) is 80.6 Å². The second kappa shape index (κ2) is 10.3. The number of hydrogen-bond donors (Lipinski definition) is 1. The molecule has 2 heterocycles. The Morgan fingerprint density at radius 3 is 2.50 bits per heavy atom. The van der Waals surface area contributed by atoms with Crippen molar-refractivity contribution < 1.29 is 23.5 Å². The quantitative estimate of drug-likeness (QED) is 0.201. The van der Waals surface area contributed by atoms with Crippen LogP contribution in [0.4, 0.5) is 14.9 Å². The van der Waals surface area contributed by atoms with E-state index in [4.69, 9.17) is 4.74 Å². The molecule has 1 aliphatic heterocycles. The Kier molecular flexibility index (Phi) is 6.79. The summed E-state index contributed by atoms with van der Waals surface area (Å²) >= 11 is 0. The Labute approximate surface area is 219 Å². The molecule has 3 aromatic carbocycles. The number of carbonyl (C=O) groups excluding carboxylic acids is 3. The molecule has 0 unspecified atom stereocenters. The molecule has 8 heteroatoms. The Morgan fingerprint density at radius 2 is 1.74 bits per heavy atom. The number of imide groups is 2. The van der Waals surface area contributed by atoms with Gasteiger partial charge in [-0.05, 0) is 68.3 Å². The van der Waals surface area contributed by atoms with E-state index in [1.165, 1.54) is 23.8 Å². The molecule has 0 saturated carbocycles. The summed E-state index contributed by atoms with van der Waals surface area (Å²) < 4.78 is 21.4. The zero-order valence-corrected chi connectivity index (χ0v) is 21.0. The number of ether oxygens (including phenoxy) is 1. The summed E-state index contributed by atoms with van der Waals surface area (Å²) in [5.41, 5.74) is 3.87. The van der Waals surface area contributed by atoms with Crippen LogP contribution in [0, 0.1) is 19.7 Å². The number of nitrogens with one attached hydrogen (secondary N) is 1. The van der Waals surface area contributed by atoms with Crippen LogP contribution in [-0.2, 0) is 16.1 Å². The number of carbonyl (C=O) groups is 3. The predicted octanol–water partition coefficient (Wildman–Crippen LogP) is 5.53. The Morgan fingerprint density at radius 1 is 0.974 bits per heavy atom. The molecule has 38 heavy (non-hydrogen) atoms. The first-order chi connectivity index (χ1) is 18.3. The largest absolute Gasteiger partial charge is 0.493 e. The van der Waals surface area contributed by atoms with Gasteiger partial charge < -0.3 is 9.30 Å². The van der Waals surface area contributed by atoms with E-state index in [2.05, 4.69) is 16.0 Å². The zero-order chi connectivity index (χ0) is 26.8. The lowest BCUT2D eigenvalue weighted by Crippen LogP contribution is -2.54. The number of para-hydroxylation sites is 1. The van der Waals surface area contributed by atoms with E-state index >= 15 is 0 Å². The van der Waals surface area contributed by atoms with Gasteiger partial charge in [0.25, 0.3) is 11.8 Å². The van der Waals surface area contributed by atoms with Crippen molar-refractivity contribution in [3.8, 4) is 5.75 Å². The maximum Gasteiger partial charge on any atom is 0.335 e. The number of aryl methyl sites for hydroxylation is 3. The summed E-state index contributed by atoms with van der Waals surface area (Å²) in [7, 11) is 0. The highest BCUT2D eigenvalue weighted by Crippen LogP contribution is 2.27. The van der Waals surface area contributed by atoms with Crippen LogP contribution in [0.3, 0.4) is 0 Å². The first-order valence-corrected chi connectivity index (χ1v) is 12.3. The van der Waals surface area contributed by atoms with Crippen molar-refractivity contribution in [3.05, 3.63) is 101 Å². The summed E-state index contributed by atoms with van der Waals surface area (Å²) in [6.45, 7) is 5.26. The molecular formula is C30H26FN3O4. The fourth-order valence-electron chi connectivity index (χ4n) is 4.59. The molecule has 0 bridgehead atoms. The van der Waals surface area contributed by atoms with E-state index in [0.717, 1.165) is 45.7 Å². The number of urea groups is 1. The van der Waals surface area contributed by atoms with Crippen LogP contribution in [0.15, 0.2) is 78.5 Å². The minimum absolute atomic E-state index is 0.165. The zero-order valence-electron chi connectivity index (χ0n) is 21.0. The Hall–Kier alpha value is -4.72. The number of anilines is 1. The van der Waals surface area contributed by atoms with Gasteiger partial charge in [0, 0.05) is 29.2 Å². The summed E-state index contributed by atoms with van der Waals surface area (Å²) in [5, 5.41) is 3.07. The lowest BCUT2D eigenvalue weighted by molar-refractivity contribution is -0.122. The van der Waals surface area contributed by atoms with Gasteiger partial charge in [-0.2, -0.15) is 0 Å². The van der Waals surface area contributed by atoms with Crippen molar-refractivity contribution in [2.75, 3.05) is 11.5 Å². The molecule has 0 radical (unpaired) electrons. The Balaban J connectivity index is 1.39. The van der Waals surface area contributed by atoms with Gasteiger partial charge in [0.2, 0.25) is 0 Å². The van der Waals surface area contributed by atoms with Gasteiger partial charge in [0.05, 0.1) is 12.3 Å². The SMILES string of the molecule is Cc1ccc(OCCCn2cc(C=C3C(=O)NC(=O)N(c4ccc(F)cc4)C3=O)c3ccccc32)c(C)c1. The van der Waals surface area contributed by atoms with Crippen molar-refractivity contribution in [1.82, 2.24) is 9.88 Å². The van der Waals surface area contributed by atoms with Gasteiger partial charge in [0.1, 0.15) is 17.1 Å². The molecule has 4 amide bonds. The van der Waals surface area contributed by atoms with Crippen LogP contribution in [0.5, 0.6) is 5.75 Å². The number of rotatable bonds is 7. The van der Waals surface area contributed by atoms with E-state index < -0.39 is 23.7 Å². The normalized spacial score (nSPS) is 14.9. The van der Waals surface area contributed by atoms with E-state index in [9.17, 15) is 18.8 Å². The summed E-state index contributed by atoms with van der Waals surface area (Å²) in [5.74, 6) is -1.20. The number of aromatic nitrogens is 1. The highest BCUT2D eigenvalue weighted by molar-refractivity contribution is 6.39. The number of halogens is 1. The third-order valence-corrected chi connectivity index (χ3v) is 6.44. The van der Waals surface area contributed by atoms with Gasteiger partial charge in [-0.15, -0.1) is 0 Å². The average Bonchev–Trinajstić information content (AvgIpc) is 3.24. The first-order valence-electron chi connectivity index (χ1n) is 12.3. The molecule has 7 nitrogen and oxygen atoms in total. The maximum absolute atomic E-state index is 13.4. The lowest BCUT2D eigenvalue weighted by Gasteiger charge is -2.26. The molecule has 1 aliphatic rings. The van der Waals surface area contributed by atoms with Gasteiger partial charge in [0.15, 0.2) is 0 Å². The van der Waals surface area contributed by atoms with Crippen molar-refractivity contribution in [3.63, 3.8) is 0 Å². The summed E-state index contributed by atoms with van der Waals surface area (Å²) in [4.78, 5) is 39.2. The second-order valence-corrected chi connectivity index (χ2v) is 9.20. The number of hydrogen-bond acceptors (Lipinski definition) is 4. The third kappa shape index (κ3) is 4.93.